The molecule has 38 heavy (non-hydrogen) atoms. The highest BCUT2D eigenvalue weighted by molar-refractivity contribution is 7.73. The molecule has 0 aromatic heterocycles. The van der Waals surface area contributed by atoms with Crippen LogP contribution in [-0.2, 0) is 9.09 Å². The summed E-state index contributed by atoms with van der Waals surface area (Å²) in [6.07, 6.45) is 21.4. The molecule has 0 bridgehead atoms. The fourth-order valence-corrected chi connectivity index (χ4v) is 10.3. The Labute approximate surface area is 225 Å². The zero-order chi connectivity index (χ0) is 26.2. The van der Waals surface area contributed by atoms with Crippen molar-refractivity contribution >= 4 is 32.0 Å². The summed E-state index contributed by atoms with van der Waals surface area (Å²) >= 11 is 0. The zero-order valence-electron chi connectivity index (χ0n) is 21.2. The monoisotopic (exact) mass is 541 g/mol. The van der Waals surface area contributed by atoms with E-state index >= 15 is 0 Å². The van der Waals surface area contributed by atoms with Crippen molar-refractivity contribution in [1.82, 2.24) is 0 Å². The maximum absolute atomic E-state index is 14.1. The predicted octanol–water partition coefficient (Wildman–Crippen LogP) is 8.20. The topological polar surface area (TPSA) is 55.8 Å². The lowest BCUT2D eigenvalue weighted by molar-refractivity contribution is 0.397. The third kappa shape index (κ3) is 4.74. The minimum absolute atomic E-state index is 0.0681. The van der Waals surface area contributed by atoms with E-state index in [4.69, 9.17) is 9.05 Å². The van der Waals surface area contributed by atoms with Crippen molar-refractivity contribution in [3.8, 4) is 5.75 Å². The van der Waals surface area contributed by atoms with Crippen LogP contribution >= 0.6 is 15.1 Å². The van der Waals surface area contributed by atoms with E-state index in [-0.39, 0.29) is 5.92 Å². The van der Waals surface area contributed by atoms with Crippen LogP contribution in [0.25, 0.3) is 11.6 Å². The molecular formula is C32H31O4P2+. The van der Waals surface area contributed by atoms with Crippen LogP contribution in [0.5, 0.6) is 5.75 Å². The minimum Gasteiger partial charge on any atom is -0.439 e. The first-order valence-electron chi connectivity index (χ1n) is 13.0. The number of hydrogen-bond donors (Lipinski definition) is 1. The number of para-hydroxylation sites is 1. The lowest BCUT2D eigenvalue weighted by atomic mass is 9.98. The van der Waals surface area contributed by atoms with Gasteiger partial charge >= 0.3 is 7.72 Å². The fraction of sp³-hybridized carbons (Fsp3) is 0.188. The van der Waals surface area contributed by atoms with Gasteiger partial charge in [0, 0.05) is 28.2 Å². The van der Waals surface area contributed by atoms with E-state index in [9.17, 15) is 9.46 Å². The molecule has 1 N–H and O–H groups in total. The Morgan fingerprint density at radius 2 is 1.89 bits per heavy atom. The van der Waals surface area contributed by atoms with E-state index in [1.807, 2.05) is 54.6 Å². The Bertz CT molecular complexity index is 1520. The van der Waals surface area contributed by atoms with E-state index < -0.39 is 15.1 Å². The van der Waals surface area contributed by atoms with Crippen molar-refractivity contribution in [1.29, 1.82) is 0 Å². The maximum Gasteiger partial charge on any atom is 0.354 e. The molecule has 4 nitrogen and oxygen atoms in total. The molecule has 192 valence electrons. The Morgan fingerprint density at radius 3 is 2.74 bits per heavy atom. The van der Waals surface area contributed by atoms with Gasteiger partial charge in [-0.05, 0) is 61.1 Å². The molecule has 0 amide bonds. The summed E-state index contributed by atoms with van der Waals surface area (Å²) in [7, 11) is -5.99. The molecule has 0 saturated carbocycles. The van der Waals surface area contributed by atoms with Gasteiger partial charge in [0.15, 0.2) is 17.2 Å². The minimum atomic E-state index is -3.12. The van der Waals surface area contributed by atoms with Gasteiger partial charge in [0.2, 0.25) is 0 Å². The van der Waals surface area contributed by atoms with Gasteiger partial charge in [-0.25, -0.2) is 4.89 Å². The van der Waals surface area contributed by atoms with Crippen LogP contribution in [0.1, 0.15) is 30.4 Å². The van der Waals surface area contributed by atoms with E-state index in [2.05, 4.69) is 43.0 Å². The van der Waals surface area contributed by atoms with Gasteiger partial charge in [0.1, 0.15) is 5.75 Å². The summed E-state index contributed by atoms with van der Waals surface area (Å²) in [5, 5.41) is 1.61. The Hall–Kier alpha value is -3.16. The molecular weight excluding hydrogens is 510 g/mol. The third-order valence-corrected chi connectivity index (χ3v) is 12.3. The number of hydrogen-bond acceptors (Lipinski definition) is 4. The van der Waals surface area contributed by atoms with E-state index in [0.717, 1.165) is 52.6 Å². The van der Waals surface area contributed by atoms with Crippen molar-refractivity contribution in [2.24, 2.45) is 5.92 Å². The molecule has 2 aromatic carbocycles. The molecule has 2 heterocycles. The van der Waals surface area contributed by atoms with Crippen molar-refractivity contribution in [2.75, 3.05) is 12.3 Å². The molecule has 0 fully saturated rings. The SMILES string of the molecule is C=C/C=C\C1=Cc2ccccc2OP1(=O)CC1C=CC(C[P+]2(O)OC3=CCCC=C3c3ccccc32)=CC1. The quantitative estimate of drug-likeness (QED) is 0.296. The molecule has 6 rings (SSSR count). The smallest absolute Gasteiger partial charge is 0.354 e. The molecule has 6 heteroatoms. The highest BCUT2D eigenvalue weighted by Crippen LogP contribution is 2.64. The fourth-order valence-electron chi connectivity index (χ4n) is 5.46. The molecule has 0 saturated heterocycles. The van der Waals surface area contributed by atoms with Gasteiger partial charge in [0.05, 0.1) is 0 Å². The lowest BCUT2D eigenvalue weighted by Gasteiger charge is -2.31. The van der Waals surface area contributed by atoms with Crippen LogP contribution in [0, 0.1) is 5.92 Å². The van der Waals surface area contributed by atoms with Gasteiger partial charge in [-0.15, -0.1) is 0 Å². The summed E-state index contributed by atoms with van der Waals surface area (Å²) in [6.45, 7) is 3.75. The molecule has 3 unspecified atom stereocenters. The second-order valence-corrected chi connectivity index (χ2v) is 14.8. The largest absolute Gasteiger partial charge is 0.439 e. The molecule has 2 aromatic rings. The first-order chi connectivity index (χ1) is 18.5. The third-order valence-electron chi connectivity index (χ3n) is 7.33. The Balaban J connectivity index is 1.21. The molecule has 4 aliphatic rings. The van der Waals surface area contributed by atoms with Crippen LogP contribution in [0.3, 0.4) is 0 Å². The molecule has 2 aliphatic heterocycles. The summed E-state index contributed by atoms with van der Waals surface area (Å²) in [4.78, 5) is 11.9. The predicted molar refractivity (Wildman–Crippen MR) is 159 cm³/mol. The van der Waals surface area contributed by atoms with Gasteiger partial charge in [-0.2, -0.15) is 0 Å². The first kappa shape index (κ1) is 25.1. The maximum atomic E-state index is 14.1. The van der Waals surface area contributed by atoms with E-state index in [1.54, 1.807) is 12.2 Å². The summed E-state index contributed by atoms with van der Waals surface area (Å²) in [5.74, 6) is 1.54. The highest BCUT2D eigenvalue weighted by atomic mass is 31.2. The normalized spacial score (nSPS) is 27.4. The van der Waals surface area contributed by atoms with Crippen molar-refractivity contribution < 1.29 is 18.5 Å². The zero-order valence-corrected chi connectivity index (χ0v) is 23.0. The number of fused-ring (bicyclic) bond motifs is 4. The van der Waals surface area contributed by atoms with Gasteiger partial charge in [-0.1, -0.05) is 79.4 Å². The number of rotatable bonds is 6. The molecule has 3 atom stereocenters. The molecule has 2 aliphatic carbocycles. The summed E-state index contributed by atoms with van der Waals surface area (Å²) in [6, 6.07) is 15.8. The average Bonchev–Trinajstić information content (AvgIpc) is 2.93. The Kier molecular flexibility index (Phi) is 6.74. The lowest BCUT2D eigenvalue weighted by Crippen LogP contribution is -2.26. The average molecular weight is 542 g/mol. The highest BCUT2D eigenvalue weighted by Gasteiger charge is 2.50. The van der Waals surface area contributed by atoms with Crippen molar-refractivity contribution in [2.45, 2.75) is 19.3 Å². The molecule has 0 spiro atoms. The van der Waals surface area contributed by atoms with Crippen LogP contribution in [0.2, 0.25) is 0 Å². The first-order valence-corrected chi connectivity index (χ1v) is 16.7. The number of allylic oxidation sites excluding steroid dienone is 11. The van der Waals surface area contributed by atoms with E-state index in [1.165, 1.54) is 0 Å². The second kappa shape index (κ2) is 10.2. The van der Waals surface area contributed by atoms with Crippen LogP contribution < -0.4 is 9.83 Å². The van der Waals surface area contributed by atoms with Gasteiger partial charge in [0.25, 0.3) is 7.37 Å². The molecule has 0 radical (unpaired) electrons. The van der Waals surface area contributed by atoms with Crippen molar-refractivity contribution in [3.05, 3.63) is 131 Å². The van der Waals surface area contributed by atoms with Crippen LogP contribution in [0.15, 0.2) is 120 Å². The van der Waals surface area contributed by atoms with Crippen LogP contribution in [0.4, 0.5) is 0 Å². The standard InChI is InChI=1S/C32H31O4P2/c1-2-3-11-27-21-26-10-4-7-14-30(26)35-37(27,33)22-24-17-19-25(20-18-24)23-38(34)32-16-9-6-13-29(32)28-12-5-8-15-31(28)36-38/h2-4,6-7,9-17,19-21,24,34H,1,5,8,18,22-23H2/q+1/b11-3-. The summed E-state index contributed by atoms with van der Waals surface area (Å²) < 4.78 is 26.6. The Morgan fingerprint density at radius 1 is 1.08 bits per heavy atom. The van der Waals surface area contributed by atoms with E-state index in [0.29, 0.717) is 23.4 Å². The van der Waals surface area contributed by atoms with Gasteiger partial charge < -0.3 is 9.05 Å². The summed E-state index contributed by atoms with van der Waals surface area (Å²) in [5.41, 5.74) is 4.16. The number of benzene rings is 2. The van der Waals surface area contributed by atoms with Crippen LogP contribution in [-0.4, -0.2) is 17.2 Å². The van der Waals surface area contributed by atoms with Gasteiger partial charge in [-0.3, -0.25) is 4.57 Å². The second-order valence-electron chi connectivity index (χ2n) is 10.0. The van der Waals surface area contributed by atoms with Crippen molar-refractivity contribution in [3.63, 3.8) is 0 Å².